The number of nitrogens with zero attached hydrogens (tertiary/aromatic N) is 2. The van der Waals surface area contributed by atoms with Crippen LogP contribution in [0.1, 0.15) is 21.7 Å². The Hall–Kier alpha value is -2.95. The fraction of sp³-hybridized carbons (Fsp3) is 0.118. The summed E-state index contributed by atoms with van der Waals surface area (Å²) in [5.74, 6) is -0.390. The summed E-state index contributed by atoms with van der Waals surface area (Å²) in [5.41, 5.74) is 1.51. The molecule has 1 aromatic carbocycles. The van der Waals surface area contributed by atoms with Crippen LogP contribution in [0.5, 0.6) is 0 Å². The summed E-state index contributed by atoms with van der Waals surface area (Å²) >= 11 is 0. The topological polar surface area (TPSA) is 65.1 Å². The van der Waals surface area contributed by atoms with Crippen LogP contribution in [0.25, 0.3) is 17.0 Å². The summed E-state index contributed by atoms with van der Waals surface area (Å²) in [5, 5.41) is 4.91. The average molecular weight is 294 g/mol. The van der Waals surface area contributed by atoms with Crippen molar-refractivity contribution < 1.29 is 9.21 Å². The quantitative estimate of drug-likeness (QED) is 0.423. The first-order chi connectivity index (χ1) is 10.5. The molecule has 0 unspecified atom stereocenters. The Labute approximate surface area is 126 Å². The number of hydrogen-bond acceptors (Lipinski definition) is 4. The molecule has 2 aromatic heterocycles. The fourth-order valence-corrected chi connectivity index (χ4v) is 2.27. The Kier molecular flexibility index (Phi) is 3.47. The molecule has 0 spiro atoms. The highest BCUT2D eigenvalue weighted by Gasteiger charge is 2.11. The van der Waals surface area contributed by atoms with Gasteiger partial charge in [0.05, 0.1) is 11.4 Å². The third kappa shape index (κ3) is 2.61. The number of aromatic nitrogens is 2. The first-order valence-corrected chi connectivity index (χ1v) is 6.80. The maximum atomic E-state index is 12.2. The van der Waals surface area contributed by atoms with Crippen molar-refractivity contribution in [3.63, 3.8) is 0 Å². The van der Waals surface area contributed by atoms with Crippen molar-refractivity contribution in [1.82, 2.24) is 9.78 Å². The molecule has 0 amide bonds. The van der Waals surface area contributed by atoms with Gasteiger partial charge in [-0.25, -0.2) is 4.79 Å². The Balaban J connectivity index is 1.97. The second kappa shape index (κ2) is 5.44. The summed E-state index contributed by atoms with van der Waals surface area (Å²) in [4.78, 5) is 24.1. The summed E-state index contributed by atoms with van der Waals surface area (Å²) < 4.78 is 6.83. The molecule has 0 saturated carbocycles. The van der Waals surface area contributed by atoms with E-state index in [0.717, 1.165) is 16.8 Å². The van der Waals surface area contributed by atoms with Crippen LogP contribution in [0.3, 0.4) is 0 Å². The summed E-state index contributed by atoms with van der Waals surface area (Å²) in [6.07, 6.45) is 2.99. The number of ketones is 1. The number of allylic oxidation sites excluding steroid dienone is 1. The number of benzene rings is 1. The number of para-hydroxylation sites is 1. The van der Waals surface area contributed by atoms with Crippen molar-refractivity contribution in [3.05, 3.63) is 69.8 Å². The molecule has 0 saturated heterocycles. The van der Waals surface area contributed by atoms with E-state index >= 15 is 0 Å². The van der Waals surface area contributed by atoms with Crippen molar-refractivity contribution in [2.75, 3.05) is 0 Å². The van der Waals surface area contributed by atoms with Gasteiger partial charge in [-0.3, -0.25) is 9.48 Å². The second-order valence-electron chi connectivity index (χ2n) is 5.02. The molecule has 3 rings (SSSR count). The van der Waals surface area contributed by atoms with Gasteiger partial charge in [0.1, 0.15) is 11.1 Å². The molecule has 0 atom stereocenters. The lowest BCUT2D eigenvalue weighted by atomic mass is 10.1. The van der Waals surface area contributed by atoms with Crippen LogP contribution >= 0.6 is 0 Å². The van der Waals surface area contributed by atoms with E-state index in [0.29, 0.717) is 5.58 Å². The van der Waals surface area contributed by atoms with Crippen LogP contribution in [0.15, 0.2) is 51.7 Å². The number of aryl methyl sites for hydroxylation is 2. The number of rotatable bonds is 3. The van der Waals surface area contributed by atoms with Crippen LogP contribution in [-0.4, -0.2) is 15.6 Å². The molecule has 3 aromatic rings. The minimum absolute atomic E-state index is 0.0221. The van der Waals surface area contributed by atoms with E-state index in [2.05, 4.69) is 5.10 Å². The van der Waals surface area contributed by atoms with Gasteiger partial charge in [-0.15, -0.1) is 0 Å². The van der Waals surface area contributed by atoms with Gasteiger partial charge < -0.3 is 4.42 Å². The molecule has 0 bridgehead atoms. The third-order valence-corrected chi connectivity index (χ3v) is 3.35. The molecule has 5 nitrogen and oxygen atoms in total. The van der Waals surface area contributed by atoms with Crippen LogP contribution in [0.4, 0.5) is 0 Å². The number of carbonyl (C=O) groups is 1. The molecule has 0 aliphatic heterocycles. The molecule has 0 N–H and O–H groups in total. The Morgan fingerprint density at radius 3 is 2.77 bits per heavy atom. The van der Waals surface area contributed by atoms with E-state index in [1.165, 1.54) is 6.08 Å². The van der Waals surface area contributed by atoms with E-state index in [1.54, 1.807) is 42.1 Å². The van der Waals surface area contributed by atoms with Crippen molar-refractivity contribution in [1.29, 1.82) is 0 Å². The van der Waals surface area contributed by atoms with E-state index < -0.39 is 11.4 Å². The molecule has 0 fully saturated rings. The zero-order chi connectivity index (χ0) is 15.7. The molecular weight excluding hydrogens is 280 g/mol. The van der Waals surface area contributed by atoms with Gasteiger partial charge in [-0.2, -0.15) is 5.10 Å². The third-order valence-electron chi connectivity index (χ3n) is 3.35. The van der Waals surface area contributed by atoms with Gasteiger partial charge in [0.2, 0.25) is 0 Å². The van der Waals surface area contributed by atoms with E-state index in [1.807, 2.05) is 19.1 Å². The molecule has 0 radical (unpaired) electrons. The van der Waals surface area contributed by atoms with E-state index in [-0.39, 0.29) is 5.56 Å². The monoisotopic (exact) mass is 294 g/mol. The second-order valence-corrected chi connectivity index (χ2v) is 5.02. The Morgan fingerprint density at radius 2 is 2.05 bits per heavy atom. The number of carbonyl (C=O) groups excluding carboxylic acids is 1. The minimum Gasteiger partial charge on any atom is -0.422 e. The predicted octanol–water partition coefficient (Wildman–Crippen LogP) is 2.73. The molecule has 2 heterocycles. The van der Waals surface area contributed by atoms with Crippen molar-refractivity contribution in [2.45, 2.75) is 6.92 Å². The number of hydrogen-bond donors (Lipinski definition) is 0. The molecule has 5 heteroatoms. The lowest BCUT2D eigenvalue weighted by Gasteiger charge is -1.99. The van der Waals surface area contributed by atoms with Gasteiger partial charge in [0.25, 0.3) is 0 Å². The normalized spacial score (nSPS) is 11.4. The highest BCUT2D eigenvalue weighted by Crippen LogP contribution is 2.13. The maximum Gasteiger partial charge on any atom is 0.347 e. The Bertz CT molecular complexity index is 948. The smallest absolute Gasteiger partial charge is 0.347 e. The highest BCUT2D eigenvalue weighted by atomic mass is 16.4. The van der Waals surface area contributed by atoms with Crippen molar-refractivity contribution in [3.8, 4) is 0 Å². The molecular formula is C17H14N2O3. The average Bonchev–Trinajstić information content (AvgIpc) is 2.82. The molecule has 0 aliphatic rings. The van der Waals surface area contributed by atoms with E-state index in [9.17, 15) is 9.59 Å². The predicted molar refractivity (Wildman–Crippen MR) is 83.8 cm³/mol. The van der Waals surface area contributed by atoms with Gasteiger partial charge in [-0.1, -0.05) is 18.2 Å². The molecule has 110 valence electrons. The molecule has 22 heavy (non-hydrogen) atoms. The van der Waals surface area contributed by atoms with Gasteiger partial charge >= 0.3 is 5.63 Å². The van der Waals surface area contributed by atoms with Crippen LogP contribution < -0.4 is 5.63 Å². The Morgan fingerprint density at radius 1 is 1.27 bits per heavy atom. The SMILES string of the molecule is Cc1cc(/C=C/C(=O)c2cc3ccccc3oc2=O)n(C)n1. The van der Waals surface area contributed by atoms with Crippen LogP contribution in [0.2, 0.25) is 0 Å². The van der Waals surface area contributed by atoms with Crippen LogP contribution in [-0.2, 0) is 7.05 Å². The van der Waals surface area contributed by atoms with Crippen molar-refractivity contribution in [2.24, 2.45) is 7.05 Å². The summed E-state index contributed by atoms with van der Waals surface area (Å²) in [6, 6.07) is 10.5. The maximum absolute atomic E-state index is 12.2. The zero-order valence-corrected chi connectivity index (χ0v) is 12.2. The van der Waals surface area contributed by atoms with E-state index in [4.69, 9.17) is 4.42 Å². The summed E-state index contributed by atoms with van der Waals surface area (Å²) in [7, 11) is 1.79. The first kappa shape index (κ1) is 14.0. The van der Waals surface area contributed by atoms with Gasteiger partial charge in [-0.05, 0) is 37.3 Å². The number of fused-ring (bicyclic) bond motifs is 1. The minimum atomic E-state index is -0.630. The summed E-state index contributed by atoms with van der Waals surface area (Å²) in [6.45, 7) is 1.87. The van der Waals surface area contributed by atoms with Crippen LogP contribution in [0, 0.1) is 6.92 Å². The van der Waals surface area contributed by atoms with Gasteiger partial charge in [0, 0.05) is 12.4 Å². The standard InChI is InChI=1S/C17H14N2O3/c1-11-9-13(19(2)18-11)7-8-15(20)14-10-12-5-3-4-6-16(12)22-17(14)21/h3-10H,1-2H3/b8-7+. The molecule has 0 aliphatic carbocycles. The lowest BCUT2D eigenvalue weighted by Crippen LogP contribution is -2.12. The van der Waals surface area contributed by atoms with Gasteiger partial charge in [0.15, 0.2) is 5.78 Å². The highest BCUT2D eigenvalue weighted by molar-refractivity contribution is 6.07. The largest absolute Gasteiger partial charge is 0.422 e. The first-order valence-electron chi connectivity index (χ1n) is 6.80. The lowest BCUT2D eigenvalue weighted by molar-refractivity contribution is 0.104. The fourth-order valence-electron chi connectivity index (χ4n) is 2.27. The van der Waals surface area contributed by atoms with Crippen molar-refractivity contribution >= 4 is 22.8 Å². The zero-order valence-electron chi connectivity index (χ0n) is 12.2.